The van der Waals surface area contributed by atoms with Gasteiger partial charge in [0.05, 0.1) is 9.79 Å². The second-order valence-electron chi connectivity index (χ2n) is 6.99. The van der Waals surface area contributed by atoms with E-state index >= 15 is 0 Å². The van der Waals surface area contributed by atoms with Crippen LogP contribution in [0.25, 0.3) is 0 Å². The monoisotopic (exact) mass is 419 g/mol. The zero-order valence-corrected chi connectivity index (χ0v) is 16.8. The van der Waals surface area contributed by atoms with Gasteiger partial charge in [-0.15, -0.1) is 0 Å². The molecule has 1 N–H and O–H groups in total. The van der Waals surface area contributed by atoms with E-state index in [1.165, 1.54) is 31.2 Å². The number of ether oxygens (including phenoxy) is 1. The van der Waals surface area contributed by atoms with Crippen molar-refractivity contribution < 1.29 is 27.1 Å². The van der Waals surface area contributed by atoms with Crippen LogP contribution in [0.15, 0.2) is 52.3 Å². The predicted octanol–water partition coefficient (Wildman–Crippen LogP) is 2.76. The van der Waals surface area contributed by atoms with Crippen LogP contribution >= 0.6 is 0 Å². The van der Waals surface area contributed by atoms with Crippen molar-refractivity contribution in [2.24, 2.45) is 0 Å². The number of halogens is 1. The molecule has 3 rings (SSSR count). The van der Waals surface area contributed by atoms with Gasteiger partial charge >= 0.3 is 5.97 Å². The standard InChI is InChI=1S/C21H22FNO5S/c1-14(24)28-13-21(25)23-12-16-5-2-4-15-10-19(8-9-20(15)16)29(26,27)18-7-3-6-17(22)11-18/h3,6-11,16H,2,4-5,12-13H2,1H3,(H,23,25)/t16-/m0/s1. The molecule has 0 radical (unpaired) electrons. The van der Waals surface area contributed by atoms with Crippen LogP contribution < -0.4 is 5.32 Å². The molecule has 6 nitrogen and oxygen atoms in total. The van der Waals surface area contributed by atoms with Gasteiger partial charge in [0.1, 0.15) is 5.82 Å². The second kappa shape index (κ2) is 8.73. The fourth-order valence-electron chi connectivity index (χ4n) is 3.50. The van der Waals surface area contributed by atoms with E-state index < -0.39 is 21.6 Å². The molecule has 1 atom stereocenters. The number of nitrogens with one attached hydrogen (secondary N) is 1. The van der Waals surface area contributed by atoms with Crippen molar-refractivity contribution in [3.05, 3.63) is 59.4 Å². The number of hydrogen-bond donors (Lipinski definition) is 1. The quantitative estimate of drug-likeness (QED) is 0.728. The Bertz CT molecular complexity index is 1040. The molecule has 0 aromatic heterocycles. The number of carbonyl (C=O) groups excluding carboxylic acids is 2. The molecule has 0 aliphatic heterocycles. The Labute approximate surface area is 169 Å². The Hall–Kier alpha value is -2.74. The highest BCUT2D eigenvalue weighted by atomic mass is 32.2. The number of carbonyl (C=O) groups is 2. The van der Waals surface area contributed by atoms with Crippen LogP contribution in [0.3, 0.4) is 0 Å². The maximum Gasteiger partial charge on any atom is 0.303 e. The van der Waals surface area contributed by atoms with Crippen LogP contribution in [0.4, 0.5) is 4.39 Å². The maximum absolute atomic E-state index is 13.5. The van der Waals surface area contributed by atoms with Crippen molar-refractivity contribution in [3.8, 4) is 0 Å². The smallest absolute Gasteiger partial charge is 0.303 e. The molecule has 2 aromatic carbocycles. The first-order valence-electron chi connectivity index (χ1n) is 9.31. The largest absolute Gasteiger partial charge is 0.456 e. The van der Waals surface area contributed by atoms with Crippen LogP contribution in [0.5, 0.6) is 0 Å². The van der Waals surface area contributed by atoms with E-state index in [0.717, 1.165) is 36.5 Å². The summed E-state index contributed by atoms with van der Waals surface area (Å²) in [6, 6.07) is 9.89. The Kier molecular flexibility index (Phi) is 6.32. The zero-order chi connectivity index (χ0) is 21.0. The number of amides is 1. The summed E-state index contributed by atoms with van der Waals surface area (Å²) in [4.78, 5) is 22.6. The third-order valence-electron chi connectivity index (χ3n) is 4.92. The highest BCUT2D eigenvalue weighted by molar-refractivity contribution is 7.91. The molecule has 1 aliphatic carbocycles. The third kappa shape index (κ3) is 5.00. The zero-order valence-electron chi connectivity index (χ0n) is 16.0. The van der Waals surface area contributed by atoms with Gasteiger partial charge < -0.3 is 10.1 Å². The molecule has 1 amide bonds. The van der Waals surface area contributed by atoms with Crippen LogP contribution in [0.2, 0.25) is 0 Å². The minimum atomic E-state index is -3.81. The number of hydrogen-bond acceptors (Lipinski definition) is 5. The van der Waals surface area contributed by atoms with Gasteiger partial charge in [-0.25, -0.2) is 12.8 Å². The normalized spacial score (nSPS) is 16.0. The second-order valence-corrected chi connectivity index (χ2v) is 8.94. The van der Waals surface area contributed by atoms with Crippen molar-refractivity contribution in [2.45, 2.75) is 41.9 Å². The first-order valence-corrected chi connectivity index (χ1v) is 10.8. The number of sulfone groups is 1. The van der Waals surface area contributed by atoms with Crippen molar-refractivity contribution in [2.75, 3.05) is 13.2 Å². The van der Waals surface area contributed by atoms with Gasteiger partial charge in [-0.2, -0.15) is 0 Å². The average Bonchev–Trinajstić information content (AvgIpc) is 2.70. The molecule has 0 bridgehead atoms. The van der Waals surface area contributed by atoms with E-state index in [1.807, 2.05) is 0 Å². The average molecular weight is 419 g/mol. The van der Waals surface area contributed by atoms with Gasteiger partial charge in [-0.1, -0.05) is 12.1 Å². The molecular formula is C21H22FNO5S. The van der Waals surface area contributed by atoms with E-state index in [0.29, 0.717) is 6.54 Å². The Morgan fingerprint density at radius 1 is 1.17 bits per heavy atom. The van der Waals surface area contributed by atoms with E-state index in [2.05, 4.69) is 10.1 Å². The van der Waals surface area contributed by atoms with Gasteiger partial charge in [0.25, 0.3) is 5.91 Å². The lowest BCUT2D eigenvalue weighted by Crippen LogP contribution is -2.33. The summed E-state index contributed by atoms with van der Waals surface area (Å²) >= 11 is 0. The van der Waals surface area contributed by atoms with Gasteiger partial charge in [0, 0.05) is 19.4 Å². The lowest BCUT2D eigenvalue weighted by molar-refractivity contribution is -0.146. The molecule has 29 heavy (non-hydrogen) atoms. The van der Waals surface area contributed by atoms with Crippen LogP contribution in [0.1, 0.15) is 36.8 Å². The number of fused-ring (bicyclic) bond motifs is 1. The molecule has 0 saturated heterocycles. The number of rotatable bonds is 6. The van der Waals surface area contributed by atoms with Crippen molar-refractivity contribution in [1.82, 2.24) is 5.32 Å². The van der Waals surface area contributed by atoms with E-state index in [4.69, 9.17) is 0 Å². The summed E-state index contributed by atoms with van der Waals surface area (Å²) in [6.45, 7) is 1.29. The van der Waals surface area contributed by atoms with Crippen LogP contribution in [0, 0.1) is 5.82 Å². The molecule has 0 unspecified atom stereocenters. The van der Waals surface area contributed by atoms with Crippen LogP contribution in [-0.4, -0.2) is 33.4 Å². The lowest BCUT2D eigenvalue weighted by atomic mass is 9.83. The summed E-state index contributed by atoms with van der Waals surface area (Å²) in [5.74, 6) is -1.45. The topological polar surface area (TPSA) is 89.5 Å². The van der Waals surface area contributed by atoms with Crippen LogP contribution in [-0.2, 0) is 30.6 Å². The minimum absolute atomic E-state index is 0.0472. The molecule has 2 aromatic rings. The highest BCUT2D eigenvalue weighted by Crippen LogP contribution is 2.34. The number of aryl methyl sites for hydroxylation is 1. The first kappa shape index (κ1) is 21.0. The van der Waals surface area contributed by atoms with E-state index in [1.54, 1.807) is 12.1 Å². The maximum atomic E-state index is 13.5. The molecule has 0 saturated carbocycles. The Morgan fingerprint density at radius 3 is 2.66 bits per heavy atom. The number of benzene rings is 2. The molecule has 8 heteroatoms. The number of esters is 1. The highest BCUT2D eigenvalue weighted by Gasteiger charge is 2.25. The molecular weight excluding hydrogens is 397 g/mol. The minimum Gasteiger partial charge on any atom is -0.456 e. The van der Waals surface area contributed by atoms with E-state index in [9.17, 15) is 22.4 Å². The summed E-state index contributed by atoms with van der Waals surface area (Å²) in [5, 5.41) is 2.75. The summed E-state index contributed by atoms with van der Waals surface area (Å²) in [5.41, 5.74) is 1.90. The van der Waals surface area contributed by atoms with E-state index in [-0.39, 0.29) is 28.2 Å². The summed E-state index contributed by atoms with van der Waals surface area (Å²) in [7, 11) is -3.81. The van der Waals surface area contributed by atoms with Gasteiger partial charge in [-0.05, 0) is 60.7 Å². The lowest BCUT2D eigenvalue weighted by Gasteiger charge is -2.26. The predicted molar refractivity (Wildman–Crippen MR) is 104 cm³/mol. The van der Waals surface area contributed by atoms with Gasteiger partial charge in [0.15, 0.2) is 6.61 Å². The van der Waals surface area contributed by atoms with Crippen molar-refractivity contribution in [3.63, 3.8) is 0 Å². The summed E-state index contributed by atoms with van der Waals surface area (Å²) in [6.07, 6.45) is 2.46. The SMILES string of the molecule is CC(=O)OCC(=O)NC[C@@H]1CCCc2cc(S(=O)(=O)c3cccc(F)c3)ccc21. The molecule has 1 aliphatic rings. The Morgan fingerprint density at radius 2 is 1.93 bits per heavy atom. The first-order chi connectivity index (χ1) is 13.8. The van der Waals surface area contributed by atoms with Gasteiger partial charge in [-0.3, -0.25) is 9.59 Å². The third-order valence-corrected chi connectivity index (χ3v) is 6.67. The summed E-state index contributed by atoms with van der Waals surface area (Å²) < 4.78 is 43.8. The molecule has 154 valence electrons. The fourth-order valence-corrected chi connectivity index (χ4v) is 4.84. The molecule has 0 heterocycles. The van der Waals surface area contributed by atoms with Crippen molar-refractivity contribution in [1.29, 1.82) is 0 Å². The van der Waals surface area contributed by atoms with Gasteiger partial charge in [0.2, 0.25) is 9.84 Å². The fraction of sp³-hybridized carbons (Fsp3) is 0.333. The molecule has 0 fully saturated rings. The van der Waals surface area contributed by atoms with Crippen molar-refractivity contribution >= 4 is 21.7 Å². The molecule has 0 spiro atoms. The Balaban J connectivity index is 1.77.